The van der Waals surface area contributed by atoms with E-state index in [1.54, 1.807) is 12.1 Å². The third-order valence-corrected chi connectivity index (χ3v) is 5.55. The van der Waals surface area contributed by atoms with Crippen molar-refractivity contribution < 1.29 is 35.9 Å². The van der Waals surface area contributed by atoms with Gasteiger partial charge in [-0.2, -0.15) is 13.2 Å². The summed E-state index contributed by atoms with van der Waals surface area (Å²) in [5.41, 5.74) is 0.125. The molecule has 0 aliphatic carbocycles. The number of carbonyl (C=O) groups is 2. The van der Waals surface area contributed by atoms with Gasteiger partial charge in [0, 0.05) is 5.69 Å². The SMILES string of the molecule is Cc1ccc(S(=O)(=O)CCC(=O)OCC(=O)Nc2ccc(C(F)(F)F)cc2)cc1. The molecule has 0 bridgehead atoms. The first-order valence-electron chi connectivity index (χ1n) is 8.39. The van der Waals surface area contributed by atoms with E-state index >= 15 is 0 Å². The average Bonchev–Trinajstić information content (AvgIpc) is 2.65. The number of amides is 1. The van der Waals surface area contributed by atoms with Crippen LogP contribution < -0.4 is 5.32 Å². The second-order valence-electron chi connectivity index (χ2n) is 6.17. The number of ether oxygens (including phenoxy) is 1. The van der Waals surface area contributed by atoms with E-state index in [1.807, 2.05) is 6.92 Å². The molecule has 6 nitrogen and oxygen atoms in total. The minimum atomic E-state index is -4.49. The van der Waals surface area contributed by atoms with Crippen LogP contribution in [0.1, 0.15) is 17.5 Å². The Labute approximate surface area is 165 Å². The number of aryl methyl sites for hydroxylation is 1. The third kappa shape index (κ3) is 6.90. The van der Waals surface area contributed by atoms with Gasteiger partial charge < -0.3 is 10.1 Å². The fraction of sp³-hybridized carbons (Fsp3) is 0.263. The molecule has 2 aromatic rings. The summed E-state index contributed by atoms with van der Waals surface area (Å²) < 4.78 is 66.5. The van der Waals surface area contributed by atoms with Gasteiger partial charge in [0.15, 0.2) is 16.4 Å². The van der Waals surface area contributed by atoms with Gasteiger partial charge in [0.1, 0.15) is 0 Å². The third-order valence-electron chi connectivity index (χ3n) is 3.82. The van der Waals surface area contributed by atoms with E-state index in [-0.39, 0.29) is 10.6 Å². The quantitative estimate of drug-likeness (QED) is 0.682. The number of sulfone groups is 1. The molecule has 0 spiro atoms. The molecule has 0 atom stereocenters. The fourth-order valence-electron chi connectivity index (χ4n) is 2.24. The summed E-state index contributed by atoms with van der Waals surface area (Å²) in [5, 5.41) is 2.28. The Kier molecular flexibility index (Phi) is 7.02. The van der Waals surface area contributed by atoms with E-state index in [0.717, 1.165) is 29.8 Å². The van der Waals surface area contributed by atoms with Crippen LogP contribution in [0.2, 0.25) is 0 Å². The Morgan fingerprint density at radius 2 is 1.59 bits per heavy atom. The molecule has 1 N–H and O–H groups in total. The molecule has 0 aliphatic rings. The van der Waals surface area contributed by atoms with Gasteiger partial charge in [-0.1, -0.05) is 17.7 Å². The van der Waals surface area contributed by atoms with E-state index in [0.29, 0.717) is 0 Å². The Hall–Kier alpha value is -2.88. The summed E-state index contributed by atoms with van der Waals surface area (Å²) in [6.45, 7) is 1.12. The number of esters is 1. The summed E-state index contributed by atoms with van der Waals surface area (Å²) in [6, 6.07) is 9.89. The second-order valence-corrected chi connectivity index (χ2v) is 8.28. The molecule has 0 aliphatic heterocycles. The highest BCUT2D eigenvalue weighted by atomic mass is 32.2. The molecule has 0 radical (unpaired) electrons. The van der Waals surface area contributed by atoms with Crippen molar-refractivity contribution in [2.75, 3.05) is 17.7 Å². The Morgan fingerprint density at radius 1 is 1.00 bits per heavy atom. The van der Waals surface area contributed by atoms with Crippen LogP contribution in [0.15, 0.2) is 53.4 Å². The maximum absolute atomic E-state index is 12.5. The van der Waals surface area contributed by atoms with Crippen molar-refractivity contribution >= 4 is 27.4 Å². The summed E-state index contributed by atoms with van der Waals surface area (Å²) in [7, 11) is -3.67. The monoisotopic (exact) mass is 429 g/mol. The van der Waals surface area contributed by atoms with E-state index in [1.165, 1.54) is 12.1 Å². The lowest BCUT2D eigenvalue weighted by atomic mass is 10.2. The molecule has 29 heavy (non-hydrogen) atoms. The van der Waals surface area contributed by atoms with Crippen molar-refractivity contribution in [3.63, 3.8) is 0 Å². The lowest BCUT2D eigenvalue weighted by Gasteiger charge is -2.09. The molecule has 2 rings (SSSR count). The van der Waals surface area contributed by atoms with Crippen molar-refractivity contribution in [1.82, 2.24) is 0 Å². The molecule has 2 aromatic carbocycles. The number of hydrogen-bond acceptors (Lipinski definition) is 5. The van der Waals surface area contributed by atoms with Crippen LogP contribution in [-0.2, 0) is 30.3 Å². The molecule has 1 amide bonds. The standard InChI is InChI=1S/C19H18F3NO5S/c1-13-2-8-16(9-3-13)29(26,27)11-10-18(25)28-12-17(24)23-15-6-4-14(5-7-15)19(20,21)22/h2-9H,10-12H2,1H3,(H,23,24). The van der Waals surface area contributed by atoms with Crippen LogP contribution in [0, 0.1) is 6.92 Å². The van der Waals surface area contributed by atoms with Crippen molar-refractivity contribution in [3.05, 3.63) is 59.7 Å². The van der Waals surface area contributed by atoms with Crippen molar-refractivity contribution in [2.24, 2.45) is 0 Å². The number of halogens is 3. The van der Waals surface area contributed by atoms with Gasteiger partial charge in [0.05, 0.1) is 22.6 Å². The topological polar surface area (TPSA) is 89.5 Å². The second kappa shape index (κ2) is 9.08. The molecule has 0 saturated carbocycles. The van der Waals surface area contributed by atoms with Crippen LogP contribution >= 0.6 is 0 Å². The Morgan fingerprint density at radius 3 is 2.14 bits per heavy atom. The smallest absolute Gasteiger partial charge is 0.416 e. The predicted octanol–water partition coefficient (Wildman–Crippen LogP) is 3.36. The fourth-order valence-corrected chi connectivity index (χ4v) is 3.46. The number of anilines is 1. The highest BCUT2D eigenvalue weighted by Crippen LogP contribution is 2.29. The highest BCUT2D eigenvalue weighted by molar-refractivity contribution is 7.91. The van der Waals surface area contributed by atoms with Gasteiger partial charge in [-0.15, -0.1) is 0 Å². The summed E-state index contributed by atoms with van der Waals surface area (Å²) in [5.74, 6) is -2.13. The number of nitrogens with one attached hydrogen (secondary N) is 1. The average molecular weight is 429 g/mol. The normalized spacial score (nSPS) is 11.7. The number of benzene rings is 2. The molecular weight excluding hydrogens is 411 g/mol. The molecule has 10 heteroatoms. The molecule has 0 fully saturated rings. The van der Waals surface area contributed by atoms with E-state index in [2.05, 4.69) is 5.32 Å². The highest BCUT2D eigenvalue weighted by Gasteiger charge is 2.30. The van der Waals surface area contributed by atoms with E-state index in [4.69, 9.17) is 4.74 Å². The minimum absolute atomic E-state index is 0.0796. The Balaban J connectivity index is 1.80. The van der Waals surface area contributed by atoms with Crippen molar-refractivity contribution in [1.29, 1.82) is 0 Å². The van der Waals surface area contributed by atoms with Gasteiger partial charge >= 0.3 is 12.1 Å². The van der Waals surface area contributed by atoms with Crippen molar-refractivity contribution in [3.8, 4) is 0 Å². The maximum atomic E-state index is 12.5. The summed E-state index contributed by atoms with van der Waals surface area (Å²) in [4.78, 5) is 23.5. The minimum Gasteiger partial charge on any atom is -0.456 e. The lowest BCUT2D eigenvalue weighted by Crippen LogP contribution is -2.22. The number of alkyl halides is 3. The van der Waals surface area contributed by atoms with Gasteiger partial charge in [0.25, 0.3) is 5.91 Å². The summed E-state index contributed by atoms with van der Waals surface area (Å²) >= 11 is 0. The number of rotatable bonds is 7. The first kappa shape index (κ1) is 22.4. The van der Waals surface area contributed by atoms with Crippen LogP contribution in [0.25, 0.3) is 0 Å². The molecule has 0 heterocycles. The van der Waals surface area contributed by atoms with Crippen LogP contribution in [0.4, 0.5) is 18.9 Å². The number of carbonyl (C=O) groups excluding carboxylic acids is 2. The van der Waals surface area contributed by atoms with Crippen LogP contribution in [0.3, 0.4) is 0 Å². The molecule has 156 valence electrons. The Bertz CT molecular complexity index is 968. The maximum Gasteiger partial charge on any atom is 0.416 e. The lowest BCUT2D eigenvalue weighted by molar-refractivity contribution is -0.146. The van der Waals surface area contributed by atoms with Crippen molar-refractivity contribution in [2.45, 2.75) is 24.4 Å². The van der Waals surface area contributed by atoms with E-state index < -0.39 is 52.2 Å². The van der Waals surface area contributed by atoms with Gasteiger partial charge in [0.2, 0.25) is 0 Å². The predicted molar refractivity (Wildman–Crippen MR) is 98.9 cm³/mol. The first-order chi connectivity index (χ1) is 13.5. The zero-order valence-electron chi connectivity index (χ0n) is 15.3. The van der Waals surface area contributed by atoms with Crippen LogP contribution in [0.5, 0.6) is 0 Å². The largest absolute Gasteiger partial charge is 0.456 e. The zero-order valence-corrected chi connectivity index (χ0v) is 16.1. The van der Waals surface area contributed by atoms with Gasteiger partial charge in [-0.05, 0) is 43.3 Å². The number of hydrogen-bond donors (Lipinski definition) is 1. The molecule has 0 aromatic heterocycles. The zero-order chi connectivity index (χ0) is 21.7. The van der Waals surface area contributed by atoms with Gasteiger partial charge in [-0.3, -0.25) is 9.59 Å². The van der Waals surface area contributed by atoms with Gasteiger partial charge in [-0.25, -0.2) is 8.42 Å². The van der Waals surface area contributed by atoms with Crippen LogP contribution in [-0.4, -0.2) is 32.7 Å². The molecule has 0 saturated heterocycles. The first-order valence-corrected chi connectivity index (χ1v) is 10.0. The molecular formula is C19H18F3NO5S. The van der Waals surface area contributed by atoms with E-state index in [9.17, 15) is 31.2 Å². The molecule has 0 unspecified atom stereocenters. The summed E-state index contributed by atoms with van der Waals surface area (Å²) in [6.07, 6.45) is -4.93.